The van der Waals surface area contributed by atoms with Gasteiger partial charge in [0.25, 0.3) is 5.91 Å². The number of anilines is 2. The van der Waals surface area contributed by atoms with E-state index in [1.807, 2.05) is 0 Å². The summed E-state index contributed by atoms with van der Waals surface area (Å²) in [6.45, 7) is 0.482. The van der Waals surface area contributed by atoms with Crippen LogP contribution in [0.2, 0.25) is 10.0 Å². The average Bonchev–Trinajstić information content (AvgIpc) is 2.99. The Morgan fingerprint density at radius 3 is 2.41 bits per heavy atom. The van der Waals surface area contributed by atoms with Gasteiger partial charge in [0.2, 0.25) is 17.7 Å². The number of nitrogens with one attached hydrogen (secondary N) is 2. The number of aldehydes is 1. The summed E-state index contributed by atoms with van der Waals surface area (Å²) in [6, 6.07) is 8.56. The molecule has 2 unspecified atom stereocenters. The van der Waals surface area contributed by atoms with Gasteiger partial charge in [-0.25, -0.2) is 0 Å². The van der Waals surface area contributed by atoms with E-state index >= 15 is 0 Å². The van der Waals surface area contributed by atoms with Crippen molar-refractivity contribution in [2.24, 2.45) is 0 Å². The Kier molecular flexibility index (Phi) is 9.80. The molecule has 204 valence electrons. The molecule has 0 aliphatic carbocycles. The fourth-order valence-corrected chi connectivity index (χ4v) is 4.19. The van der Waals surface area contributed by atoms with Crippen LogP contribution in [0.5, 0.6) is 0 Å². The molecule has 2 aromatic rings. The Morgan fingerprint density at radius 1 is 1.10 bits per heavy atom. The zero-order valence-corrected chi connectivity index (χ0v) is 22.1. The molecule has 1 heterocycles. The Morgan fingerprint density at radius 2 is 1.79 bits per heavy atom. The van der Waals surface area contributed by atoms with Crippen molar-refractivity contribution in [1.82, 2.24) is 10.6 Å². The summed E-state index contributed by atoms with van der Waals surface area (Å²) in [6.07, 6.45) is 2.29. The Hall–Kier alpha value is -4.22. The first-order valence-electron chi connectivity index (χ1n) is 11.6. The van der Waals surface area contributed by atoms with Crippen LogP contribution < -0.4 is 20.4 Å². The second kappa shape index (κ2) is 13.0. The highest BCUT2D eigenvalue weighted by atomic mass is 35.5. The third-order valence-electron chi connectivity index (χ3n) is 5.67. The van der Waals surface area contributed by atoms with Crippen molar-refractivity contribution in [2.75, 3.05) is 22.9 Å². The van der Waals surface area contributed by atoms with Crippen molar-refractivity contribution in [3.63, 3.8) is 0 Å². The molecule has 0 aromatic heterocycles. The molecule has 3 rings (SSSR count). The molecule has 0 spiro atoms. The van der Waals surface area contributed by atoms with Gasteiger partial charge < -0.3 is 25.4 Å². The molecule has 11 nitrogen and oxygen atoms in total. The van der Waals surface area contributed by atoms with E-state index in [-0.39, 0.29) is 18.5 Å². The molecule has 1 aliphatic rings. The van der Waals surface area contributed by atoms with Gasteiger partial charge in [-0.1, -0.05) is 41.4 Å². The summed E-state index contributed by atoms with van der Waals surface area (Å²) in [5.74, 6) is -3.86. The Balaban J connectivity index is 1.88. The summed E-state index contributed by atoms with van der Waals surface area (Å²) in [5, 5.41) is 14.4. The maximum atomic E-state index is 13.6. The van der Waals surface area contributed by atoms with Crippen LogP contribution in [0.4, 0.5) is 11.4 Å². The van der Waals surface area contributed by atoms with Crippen molar-refractivity contribution < 1.29 is 33.9 Å². The van der Waals surface area contributed by atoms with Gasteiger partial charge in [0.05, 0.1) is 40.4 Å². The number of nitrogens with zero attached hydrogens (tertiary/aromatic N) is 2. The predicted octanol–water partition coefficient (Wildman–Crippen LogP) is 2.05. The lowest BCUT2D eigenvalue weighted by Gasteiger charge is -2.25. The Bertz CT molecular complexity index is 1350. The maximum absolute atomic E-state index is 13.6. The molecule has 39 heavy (non-hydrogen) atoms. The van der Waals surface area contributed by atoms with Crippen LogP contribution in [0.1, 0.15) is 18.9 Å². The lowest BCUT2D eigenvalue weighted by molar-refractivity contribution is -0.139. The smallest absolute Gasteiger partial charge is 0.305 e. The van der Waals surface area contributed by atoms with E-state index < -0.39 is 54.6 Å². The van der Waals surface area contributed by atoms with Crippen LogP contribution in [0.25, 0.3) is 6.08 Å². The van der Waals surface area contributed by atoms with Gasteiger partial charge in [0, 0.05) is 13.0 Å². The highest BCUT2D eigenvalue weighted by Gasteiger charge is 2.36. The monoisotopic (exact) mass is 574 g/mol. The number of fused-ring (bicyclic) bond motifs is 1. The quantitative estimate of drug-likeness (QED) is 0.306. The molecular formula is C26H24Cl2N4O7. The van der Waals surface area contributed by atoms with E-state index in [0.29, 0.717) is 21.3 Å². The minimum atomic E-state index is -1.30. The van der Waals surface area contributed by atoms with Crippen LogP contribution in [-0.2, 0) is 28.8 Å². The summed E-state index contributed by atoms with van der Waals surface area (Å²) in [7, 11) is 0. The molecule has 3 N–H and O–H groups in total. The first-order valence-corrected chi connectivity index (χ1v) is 12.3. The van der Waals surface area contributed by atoms with Crippen molar-refractivity contribution in [3.8, 4) is 0 Å². The molecule has 2 aromatic carbocycles. The normalized spacial score (nSPS) is 15.8. The van der Waals surface area contributed by atoms with Gasteiger partial charge in [-0.2, -0.15) is 0 Å². The van der Waals surface area contributed by atoms with Gasteiger partial charge in [-0.3, -0.25) is 28.9 Å². The number of carbonyl (C=O) groups excluding carboxylic acids is 5. The summed E-state index contributed by atoms with van der Waals surface area (Å²) in [4.78, 5) is 76.1. The van der Waals surface area contributed by atoms with Gasteiger partial charge in [0.1, 0.15) is 18.9 Å². The second-order valence-electron chi connectivity index (χ2n) is 8.52. The number of carbonyl (C=O) groups is 6. The third kappa shape index (κ3) is 7.65. The van der Waals surface area contributed by atoms with E-state index in [4.69, 9.17) is 28.3 Å². The summed E-state index contributed by atoms with van der Waals surface area (Å²) >= 11 is 11.9. The van der Waals surface area contributed by atoms with Gasteiger partial charge >= 0.3 is 5.97 Å². The summed E-state index contributed by atoms with van der Waals surface area (Å²) in [5.41, 5.74) is 1.12. The van der Waals surface area contributed by atoms with Crippen LogP contribution in [0.15, 0.2) is 48.5 Å². The largest absolute Gasteiger partial charge is 0.481 e. The fraction of sp³-hybridized carbons (Fsp3) is 0.231. The number of carboxylic acids is 1. The van der Waals surface area contributed by atoms with E-state index in [1.165, 1.54) is 30.0 Å². The number of amides is 4. The SMILES string of the molecule is CC(=O)N1CC(NC(=O)/C=C/c2ccc(Cl)c(Cl)c2)C(=O)N(CC(=O)NC(C=O)CC(=O)O)c2ccccc21. The van der Waals surface area contributed by atoms with Crippen molar-refractivity contribution >= 4 is 76.5 Å². The number of carboxylic acid groups (broad SMARTS) is 1. The van der Waals surface area contributed by atoms with Crippen molar-refractivity contribution in [3.05, 3.63) is 64.1 Å². The average molecular weight is 575 g/mol. The van der Waals surface area contributed by atoms with Gasteiger partial charge in [-0.05, 0) is 35.9 Å². The van der Waals surface area contributed by atoms with E-state index in [2.05, 4.69) is 10.6 Å². The van der Waals surface area contributed by atoms with E-state index in [9.17, 15) is 28.8 Å². The van der Waals surface area contributed by atoms with E-state index in [0.717, 1.165) is 4.90 Å². The molecule has 1 aliphatic heterocycles. The minimum absolute atomic E-state index is 0.217. The topological polar surface area (TPSA) is 153 Å². The zero-order chi connectivity index (χ0) is 28.7. The lowest BCUT2D eigenvalue weighted by atomic mass is 10.2. The van der Waals surface area contributed by atoms with Crippen molar-refractivity contribution in [1.29, 1.82) is 0 Å². The molecule has 4 amide bonds. The first-order chi connectivity index (χ1) is 18.5. The molecule has 0 bridgehead atoms. The minimum Gasteiger partial charge on any atom is -0.481 e. The molecule has 2 atom stereocenters. The molecule has 0 fully saturated rings. The van der Waals surface area contributed by atoms with E-state index in [1.54, 1.807) is 36.4 Å². The molecule has 0 saturated carbocycles. The molecule has 13 heteroatoms. The standard InChI is InChI=1S/C26H24Cl2N4O7/c1-15(34)31-12-20(30-23(35)9-7-16-6-8-18(27)19(28)10-16)26(39)32(22-5-3-2-4-21(22)31)13-24(36)29-17(14-33)11-25(37)38/h2-10,14,17,20H,11-13H2,1H3,(H,29,36)(H,30,35)(H,37,38)/b9-7+. The number of hydrogen-bond acceptors (Lipinski definition) is 6. The predicted molar refractivity (Wildman–Crippen MR) is 144 cm³/mol. The molecule has 0 radical (unpaired) electrons. The van der Waals surface area contributed by atoms with Gasteiger partial charge in [0.15, 0.2) is 0 Å². The number of para-hydroxylation sites is 2. The number of halogens is 2. The second-order valence-corrected chi connectivity index (χ2v) is 9.33. The molecular weight excluding hydrogens is 551 g/mol. The van der Waals surface area contributed by atoms with Crippen LogP contribution in [-0.4, -0.2) is 66.2 Å². The fourth-order valence-electron chi connectivity index (χ4n) is 3.88. The van der Waals surface area contributed by atoms with Crippen LogP contribution in [0, 0.1) is 0 Å². The lowest BCUT2D eigenvalue weighted by Crippen LogP contribution is -2.54. The van der Waals surface area contributed by atoms with Crippen LogP contribution >= 0.6 is 23.2 Å². The number of aliphatic carboxylic acids is 1. The highest BCUT2D eigenvalue weighted by molar-refractivity contribution is 6.42. The van der Waals surface area contributed by atoms with Gasteiger partial charge in [-0.15, -0.1) is 0 Å². The number of hydrogen-bond donors (Lipinski definition) is 3. The maximum Gasteiger partial charge on any atom is 0.305 e. The highest BCUT2D eigenvalue weighted by Crippen LogP contribution is 2.33. The van der Waals surface area contributed by atoms with Crippen molar-refractivity contribution in [2.45, 2.75) is 25.4 Å². The number of benzene rings is 2. The summed E-state index contributed by atoms with van der Waals surface area (Å²) < 4.78 is 0. The number of rotatable bonds is 9. The molecule has 0 saturated heterocycles. The first kappa shape index (κ1) is 29.3. The van der Waals surface area contributed by atoms with Crippen LogP contribution in [0.3, 0.4) is 0 Å². The Labute approximate surface area is 233 Å². The third-order valence-corrected chi connectivity index (χ3v) is 6.41. The zero-order valence-electron chi connectivity index (χ0n) is 20.6.